The highest BCUT2D eigenvalue weighted by molar-refractivity contribution is 7.72. The maximum Gasteiger partial charge on any atom is 0.183 e. The Balaban J connectivity index is 2.47. The summed E-state index contributed by atoms with van der Waals surface area (Å²) in [6.07, 6.45) is 0. The van der Waals surface area contributed by atoms with Gasteiger partial charge in [0.15, 0.2) is 4.77 Å². The monoisotopic (exact) mass is 338 g/mol. The standard InChI is InChI=1S/C14H8Cl2N2S2/c15-8-6-10-12(11(16)7-8)17-14(20)18(13(10)19)9-4-2-1-3-5-9/h1-7H,(H,17,20). The zero-order chi connectivity index (χ0) is 14.3. The molecule has 0 atom stereocenters. The predicted octanol–water partition coefficient (Wildman–Crippen LogP) is 5.72. The lowest BCUT2D eigenvalue weighted by molar-refractivity contribution is 0.967. The maximum atomic E-state index is 6.19. The number of nitrogens with zero attached hydrogens (tertiary/aromatic N) is 1. The summed E-state index contributed by atoms with van der Waals surface area (Å²) in [5.41, 5.74) is 1.61. The van der Waals surface area contributed by atoms with E-state index >= 15 is 0 Å². The van der Waals surface area contributed by atoms with E-state index in [1.807, 2.05) is 30.3 Å². The first-order chi connectivity index (χ1) is 9.58. The fourth-order valence-corrected chi connectivity index (χ4v) is 3.31. The van der Waals surface area contributed by atoms with Crippen LogP contribution in [0.2, 0.25) is 10.0 Å². The highest BCUT2D eigenvalue weighted by Crippen LogP contribution is 2.28. The lowest BCUT2D eigenvalue weighted by Gasteiger charge is -2.11. The molecule has 1 aromatic heterocycles. The van der Waals surface area contributed by atoms with Crippen molar-refractivity contribution in [3.05, 3.63) is 61.9 Å². The molecule has 1 N–H and O–H groups in total. The Morgan fingerprint density at radius 3 is 2.40 bits per heavy atom. The summed E-state index contributed by atoms with van der Waals surface area (Å²) in [5.74, 6) is 0. The van der Waals surface area contributed by atoms with E-state index in [0.29, 0.717) is 25.0 Å². The van der Waals surface area contributed by atoms with Gasteiger partial charge < -0.3 is 4.98 Å². The van der Waals surface area contributed by atoms with Crippen molar-refractivity contribution in [3.8, 4) is 5.69 Å². The van der Waals surface area contributed by atoms with Gasteiger partial charge in [-0.05, 0) is 36.5 Å². The number of fused-ring (bicyclic) bond motifs is 1. The number of hydrogen-bond donors (Lipinski definition) is 1. The van der Waals surface area contributed by atoms with E-state index in [-0.39, 0.29) is 0 Å². The molecule has 0 saturated carbocycles. The second-order valence-corrected chi connectivity index (χ2v) is 5.83. The molecular weight excluding hydrogens is 331 g/mol. The second kappa shape index (κ2) is 5.30. The second-order valence-electron chi connectivity index (χ2n) is 4.22. The summed E-state index contributed by atoms with van der Waals surface area (Å²) < 4.78 is 2.87. The Morgan fingerprint density at radius 1 is 1.00 bits per heavy atom. The first-order valence-corrected chi connectivity index (χ1v) is 7.34. The normalized spacial score (nSPS) is 10.9. The Kier molecular flexibility index (Phi) is 3.65. The molecule has 0 unspecified atom stereocenters. The van der Waals surface area contributed by atoms with E-state index < -0.39 is 0 Å². The van der Waals surface area contributed by atoms with Gasteiger partial charge in [0, 0.05) is 16.1 Å². The van der Waals surface area contributed by atoms with Crippen molar-refractivity contribution in [1.82, 2.24) is 9.55 Å². The number of aromatic amines is 1. The topological polar surface area (TPSA) is 20.7 Å². The average Bonchev–Trinajstić information content (AvgIpc) is 2.42. The molecule has 2 nitrogen and oxygen atoms in total. The number of benzene rings is 2. The molecule has 3 aromatic rings. The van der Waals surface area contributed by atoms with Gasteiger partial charge in [0.05, 0.1) is 10.5 Å². The minimum Gasteiger partial charge on any atom is -0.330 e. The highest BCUT2D eigenvalue weighted by Gasteiger charge is 2.08. The molecule has 0 bridgehead atoms. The first-order valence-electron chi connectivity index (χ1n) is 5.77. The van der Waals surface area contributed by atoms with E-state index in [0.717, 1.165) is 11.1 Å². The summed E-state index contributed by atoms with van der Waals surface area (Å²) in [7, 11) is 0. The Labute approximate surface area is 135 Å². The number of rotatable bonds is 1. The summed E-state index contributed by atoms with van der Waals surface area (Å²) >= 11 is 23.2. The van der Waals surface area contributed by atoms with Gasteiger partial charge in [-0.15, -0.1) is 0 Å². The Bertz CT molecular complexity index is 914. The molecule has 100 valence electrons. The highest BCUT2D eigenvalue weighted by atomic mass is 35.5. The smallest absolute Gasteiger partial charge is 0.183 e. The molecule has 6 heteroatoms. The molecule has 1 heterocycles. The van der Waals surface area contributed by atoms with Crippen LogP contribution >= 0.6 is 47.6 Å². The molecule has 0 amide bonds. The zero-order valence-electron chi connectivity index (χ0n) is 10.1. The van der Waals surface area contributed by atoms with Crippen molar-refractivity contribution in [1.29, 1.82) is 0 Å². The number of hydrogen-bond acceptors (Lipinski definition) is 2. The summed E-state index contributed by atoms with van der Waals surface area (Å²) in [5, 5.41) is 1.82. The minimum atomic E-state index is 0.498. The van der Waals surface area contributed by atoms with Crippen LogP contribution in [-0.2, 0) is 0 Å². The minimum absolute atomic E-state index is 0.498. The number of halogens is 2. The van der Waals surface area contributed by atoms with Crippen molar-refractivity contribution >= 4 is 58.5 Å². The van der Waals surface area contributed by atoms with E-state index in [4.69, 9.17) is 47.6 Å². The van der Waals surface area contributed by atoms with Gasteiger partial charge in [-0.1, -0.05) is 53.6 Å². The van der Waals surface area contributed by atoms with Gasteiger partial charge in [0.2, 0.25) is 0 Å². The maximum absolute atomic E-state index is 6.19. The van der Waals surface area contributed by atoms with Crippen LogP contribution in [0.4, 0.5) is 0 Å². The first kappa shape index (κ1) is 13.8. The van der Waals surface area contributed by atoms with Crippen LogP contribution in [0.25, 0.3) is 16.6 Å². The summed E-state index contributed by atoms with van der Waals surface area (Å²) in [6, 6.07) is 13.1. The van der Waals surface area contributed by atoms with Crippen molar-refractivity contribution in [2.45, 2.75) is 0 Å². The predicted molar refractivity (Wildman–Crippen MR) is 89.3 cm³/mol. The molecule has 0 saturated heterocycles. The molecule has 2 aromatic carbocycles. The molecular formula is C14H8Cl2N2S2. The molecule has 0 radical (unpaired) electrons. The lowest BCUT2D eigenvalue weighted by Crippen LogP contribution is -2.02. The lowest BCUT2D eigenvalue weighted by atomic mass is 10.2. The van der Waals surface area contributed by atoms with Crippen LogP contribution in [0.3, 0.4) is 0 Å². The summed E-state index contributed by atoms with van der Waals surface area (Å²) in [6.45, 7) is 0. The van der Waals surface area contributed by atoms with E-state index in [1.54, 1.807) is 16.7 Å². The SMILES string of the molecule is S=c1[nH]c2c(Cl)cc(Cl)cc2c(=S)n1-c1ccccc1. The third kappa shape index (κ3) is 2.29. The number of para-hydroxylation sites is 1. The number of aromatic nitrogens is 2. The van der Waals surface area contributed by atoms with Crippen LogP contribution < -0.4 is 0 Å². The van der Waals surface area contributed by atoms with Crippen molar-refractivity contribution in [2.24, 2.45) is 0 Å². The Morgan fingerprint density at radius 2 is 1.70 bits per heavy atom. The van der Waals surface area contributed by atoms with Gasteiger partial charge >= 0.3 is 0 Å². The fourth-order valence-electron chi connectivity index (χ4n) is 2.06. The van der Waals surface area contributed by atoms with Crippen LogP contribution in [0.1, 0.15) is 0 Å². The van der Waals surface area contributed by atoms with Crippen LogP contribution in [0, 0.1) is 9.41 Å². The van der Waals surface area contributed by atoms with Crippen molar-refractivity contribution in [3.63, 3.8) is 0 Å². The van der Waals surface area contributed by atoms with Crippen LogP contribution in [0.5, 0.6) is 0 Å². The largest absolute Gasteiger partial charge is 0.330 e. The summed E-state index contributed by atoms with van der Waals surface area (Å²) in [4.78, 5) is 3.11. The van der Waals surface area contributed by atoms with E-state index in [1.165, 1.54) is 0 Å². The molecule has 20 heavy (non-hydrogen) atoms. The van der Waals surface area contributed by atoms with E-state index in [2.05, 4.69) is 4.98 Å². The van der Waals surface area contributed by atoms with Gasteiger partial charge in [0.25, 0.3) is 0 Å². The molecule has 0 spiro atoms. The molecule has 0 aliphatic carbocycles. The quantitative estimate of drug-likeness (QED) is 0.572. The van der Waals surface area contributed by atoms with Gasteiger partial charge in [-0.25, -0.2) is 0 Å². The third-order valence-corrected chi connectivity index (χ3v) is 4.14. The van der Waals surface area contributed by atoms with Crippen molar-refractivity contribution in [2.75, 3.05) is 0 Å². The van der Waals surface area contributed by atoms with E-state index in [9.17, 15) is 0 Å². The molecule has 3 rings (SSSR count). The molecule has 0 aliphatic heterocycles. The van der Waals surface area contributed by atoms with Gasteiger partial charge in [-0.2, -0.15) is 0 Å². The number of H-pyrrole nitrogens is 1. The average molecular weight is 339 g/mol. The fraction of sp³-hybridized carbons (Fsp3) is 0. The molecule has 0 aliphatic rings. The van der Waals surface area contributed by atoms with Gasteiger partial charge in [0.1, 0.15) is 4.64 Å². The Hall–Kier alpha value is -1.20. The zero-order valence-corrected chi connectivity index (χ0v) is 13.2. The van der Waals surface area contributed by atoms with Crippen molar-refractivity contribution < 1.29 is 0 Å². The molecule has 0 fully saturated rings. The van der Waals surface area contributed by atoms with Crippen LogP contribution in [-0.4, -0.2) is 9.55 Å². The van der Waals surface area contributed by atoms with Gasteiger partial charge in [-0.3, -0.25) is 4.57 Å². The third-order valence-electron chi connectivity index (χ3n) is 2.94. The number of nitrogens with one attached hydrogen (secondary N) is 1. The van der Waals surface area contributed by atoms with Crippen LogP contribution in [0.15, 0.2) is 42.5 Å².